The predicted molar refractivity (Wildman–Crippen MR) is 91.4 cm³/mol. The molecule has 122 valence electrons. The van der Waals surface area contributed by atoms with Gasteiger partial charge in [0.05, 0.1) is 18.8 Å². The minimum atomic E-state index is -0.280. The number of benzene rings is 2. The van der Waals surface area contributed by atoms with E-state index in [0.717, 1.165) is 13.1 Å². The van der Waals surface area contributed by atoms with Crippen LogP contribution < -0.4 is 10.1 Å². The van der Waals surface area contributed by atoms with E-state index < -0.39 is 0 Å². The third-order valence-electron chi connectivity index (χ3n) is 4.43. The van der Waals surface area contributed by atoms with Gasteiger partial charge in [0.15, 0.2) is 0 Å². The molecule has 0 bridgehead atoms. The van der Waals surface area contributed by atoms with Gasteiger partial charge in [0.1, 0.15) is 11.6 Å². The molecule has 0 radical (unpaired) electrons. The lowest BCUT2D eigenvalue weighted by molar-refractivity contribution is 0.256. The van der Waals surface area contributed by atoms with Crippen LogP contribution in [0.3, 0.4) is 0 Å². The van der Waals surface area contributed by atoms with Crippen molar-refractivity contribution in [3.8, 4) is 5.75 Å². The monoisotopic (exact) mass is 314 g/mol. The average Bonchev–Trinajstić information content (AvgIpc) is 3.11. The zero-order chi connectivity index (χ0) is 16.1. The van der Waals surface area contributed by atoms with Gasteiger partial charge in [-0.25, -0.2) is 4.39 Å². The maximum atomic E-state index is 14.1. The van der Waals surface area contributed by atoms with Crippen molar-refractivity contribution in [2.24, 2.45) is 0 Å². The molecule has 4 heteroatoms. The largest absolute Gasteiger partial charge is 0.497 e. The molecule has 3 rings (SSSR count). The second-order valence-electron chi connectivity index (χ2n) is 5.90. The van der Waals surface area contributed by atoms with E-state index >= 15 is 0 Å². The predicted octanol–water partition coefficient (Wildman–Crippen LogP) is 4.08. The van der Waals surface area contributed by atoms with Crippen molar-refractivity contribution < 1.29 is 9.13 Å². The highest BCUT2D eigenvalue weighted by Gasteiger charge is 2.23. The first-order chi connectivity index (χ1) is 11.3. The minimum absolute atomic E-state index is 0.264. The van der Waals surface area contributed by atoms with Crippen LogP contribution >= 0.6 is 0 Å². The fourth-order valence-electron chi connectivity index (χ4n) is 3.16. The van der Waals surface area contributed by atoms with Gasteiger partial charge in [0, 0.05) is 12.6 Å². The Hall–Kier alpha value is -2.07. The number of anilines is 1. The smallest absolute Gasteiger partial charge is 0.149 e. The van der Waals surface area contributed by atoms with E-state index in [4.69, 9.17) is 4.74 Å². The lowest BCUT2D eigenvalue weighted by Crippen LogP contribution is -2.31. The first-order valence-corrected chi connectivity index (χ1v) is 8.14. The van der Waals surface area contributed by atoms with Gasteiger partial charge in [0.25, 0.3) is 0 Å². The van der Waals surface area contributed by atoms with Gasteiger partial charge < -0.3 is 10.1 Å². The van der Waals surface area contributed by atoms with Gasteiger partial charge in [-0.1, -0.05) is 30.3 Å². The maximum Gasteiger partial charge on any atom is 0.149 e. The van der Waals surface area contributed by atoms with Crippen molar-refractivity contribution in [2.45, 2.75) is 18.9 Å². The number of methoxy groups -OCH3 is 1. The summed E-state index contributed by atoms with van der Waals surface area (Å²) in [5.41, 5.74) is 1.79. The Morgan fingerprint density at radius 3 is 2.52 bits per heavy atom. The van der Waals surface area contributed by atoms with E-state index in [-0.39, 0.29) is 11.9 Å². The number of hydrogen-bond donors (Lipinski definition) is 1. The molecule has 0 aliphatic carbocycles. The van der Waals surface area contributed by atoms with Crippen molar-refractivity contribution in [3.63, 3.8) is 0 Å². The van der Waals surface area contributed by atoms with Crippen LogP contribution in [0.2, 0.25) is 0 Å². The highest BCUT2D eigenvalue weighted by Crippen LogP contribution is 2.27. The molecule has 1 N–H and O–H groups in total. The zero-order valence-electron chi connectivity index (χ0n) is 13.5. The second kappa shape index (κ2) is 7.47. The summed E-state index contributed by atoms with van der Waals surface area (Å²) in [5, 5.41) is 3.27. The van der Waals surface area contributed by atoms with Gasteiger partial charge in [-0.05, 0) is 43.6 Å². The van der Waals surface area contributed by atoms with Crippen LogP contribution in [-0.4, -0.2) is 31.6 Å². The number of ether oxygens (including phenoxy) is 1. The Labute approximate surface area is 137 Å². The molecule has 3 nitrogen and oxygen atoms in total. The third-order valence-corrected chi connectivity index (χ3v) is 4.43. The summed E-state index contributed by atoms with van der Waals surface area (Å²) in [6, 6.07) is 15.6. The molecular formula is C19H23FN2O. The summed E-state index contributed by atoms with van der Waals surface area (Å²) < 4.78 is 19.2. The first kappa shape index (κ1) is 15.8. The molecule has 1 aliphatic heterocycles. The topological polar surface area (TPSA) is 24.5 Å². The SMILES string of the molecule is COc1ccc(NCC(c2ccccc2)N2CCCC2)c(F)c1. The van der Waals surface area contributed by atoms with E-state index in [1.165, 1.54) is 24.5 Å². The minimum Gasteiger partial charge on any atom is -0.497 e. The quantitative estimate of drug-likeness (QED) is 0.869. The molecule has 1 fully saturated rings. The standard InChI is InChI=1S/C19H23FN2O/c1-23-16-9-10-18(17(20)13-16)21-14-19(22-11-5-6-12-22)15-7-3-2-4-8-15/h2-4,7-10,13,19,21H,5-6,11-12,14H2,1H3. The van der Waals surface area contributed by atoms with Crippen molar-refractivity contribution in [1.29, 1.82) is 0 Å². The molecule has 0 saturated carbocycles. The van der Waals surface area contributed by atoms with Gasteiger partial charge in [-0.3, -0.25) is 4.90 Å². The van der Waals surface area contributed by atoms with Crippen molar-refractivity contribution in [2.75, 3.05) is 32.1 Å². The zero-order valence-corrected chi connectivity index (χ0v) is 13.5. The molecular weight excluding hydrogens is 291 g/mol. The van der Waals surface area contributed by atoms with Gasteiger partial charge in [-0.2, -0.15) is 0 Å². The van der Waals surface area contributed by atoms with E-state index in [0.29, 0.717) is 18.0 Å². The van der Waals surface area contributed by atoms with Crippen molar-refractivity contribution >= 4 is 5.69 Å². The van der Waals surface area contributed by atoms with Crippen LogP contribution in [0.5, 0.6) is 5.75 Å². The molecule has 0 spiro atoms. The maximum absolute atomic E-state index is 14.1. The van der Waals surface area contributed by atoms with Crippen LogP contribution in [0.15, 0.2) is 48.5 Å². The number of nitrogens with one attached hydrogen (secondary N) is 1. The molecule has 1 aliphatic rings. The normalized spacial score (nSPS) is 16.3. The summed E-state index contributed by atoms with van der Waals surface area (Å²) in [7, 11) is 1.54. The van der Waals surface area contributed by atoms with Gasteiger partial charge >= 0.3 is 0 Å². The molecule has 1 unspecified atom stereocenters. The molecule has 1 atom stereocenters. The van der Waals surface area contributed by atoms with Crippen LogP contribution in [0.1, 0.15) is 24.4 Å². The van der Waals surface area contributed by atoms with Crippen molar-refractivity contribution in [1.82, 2.24) is 4.90 Å². The highest BCUT2D eigenvalue weighted by atomic mass is 19.1. The summed E-state index contributed by atoms with van der Waals surface area (Å²) in [6.07, 6.45) is 2.47. The molecule has 1 saturated heterocycles. The van der Waals surface area contributed by atoms with Crippen LogP contribution in [0.4, 0.5) is 10.1 Å². The summed E-state index contributed by atoms with van der Waals surface area (Å²) in [4.78, 5) is 2.48. The Morgan fingerprint density at radius 1 is 1.13 bits per heavy atom. The highest BCUT2D eigenvalue weighted by molar-refractivity contribution is 5.48. The molecule has 0 amide bonds. The van der Waals surface area contributed by atoms with Gasteiger partial charge in [-0.15, -0.1) is 0 Å². The molecule has 0 aromatic heterocycles. The molecule has 23 heavy (non-hydrogen) atoms. The average molecular weight is 314 g/mol. The Bertz CT molecular complexity index is 627. The summed E-state index contributed by atoms with van der Waals surface area (Å²) >= 11 is 0. The fraction of sp³-hybridized carbons (Fsp3) is 0.368. The van der Waals surface area contributed by atoms with E-state index in [9.17, 15) is 4.39 Å². The lowest BCUT2D eigenvalue weighted by Gasteiger charge is -2.28. The first-order valence-electron chi connectivity index (χ1n) is 8.14. The molecule has 1 heterocycles. The number of halogens is 1. The summed E-state index contributed by atoms with van der Waals surface area (Å²) in [5.74, 6) is 0.254. The van der Waals surface area contributed by atoms with E-state index in [1.807, 2.05) is 6.07 Å². The second-order valence-corrected chi connectivity index (χ2v) is 5.90. The van der Waals surface area contributed by atoms with Crippen LogP contribution in [0.25, 0.3) is 0 Å². The summed E-state index contributed by atoms with van der Waals surface area (Å²) in [6.45, 7) is 2.89. The number of rotatable bonds is 6. The van der Waals surface area contributed by atoms with Crippen LogP contribution in [-0.2, 0) is 0 Å². The van der Waals surface area contributed by atoms with Gasteiger partial charge in [0.2, 0.25) is 0 Å². The Morgan fingerprint density at radius 2 is 1.87 bits per heavy atom. The molecule has 2 aromatic carbocycles. The number of likely N-dealkylation sites (tertiary alicyclic amines) is 1. The number of nitrogens with zero attached hydrogens (tertiary/aromatic N) is 1. The molecule has 2 aromatic rings. The number of hydrogen-bond acceptors (Lipinski definition) is 3. The van der Waals surface area contributed by atoms with E-state index in [1.54, 1.807) is 19.2 Å². The fourth-order valence-corrected chi connectivity index (χ4v) is 3.16. The Kier molecular flexibility index (Phi) is 5.13. The van der Waals surface area contributed by atoms with Crippen molar-refractivity contribution in [3.05, 3.63) is 59.9 Å². The Balaban J connectivity index is 1.74. The lowest BCUT2D eigenvalue weighted by atomic mass is 10.1. The van der Waals surface area contributed by atoms with Crippen LogP contribution in [0, 0.1) is 5.82 Å². The van der Waals surface area contributed by atoms with E-state index in [2.05, 4.69) is 34.5 Å². The third kappa shape index (κ3) is 3.82.